The Morgan fingerprint density at radius 3 is 2.65 bits per heavy atom. The monoisotopic (exact) mass is 394 g/mol. The van der Waals surface area contributed by atoms with Crippen molar-refractivity contribution in [3.63, 3.8) is 0 Å². The summed E-state index contributed by atoms with van der Waals surface area (Å²) in [5.74, 6) is -1.70. The van der Waals surface area contributed by atoms with Crippen LogP contribution in [0.3, 0.4) is 0 Å². The van der Waals surface area contributed by atoms with Crippen LogP contribution in [0.2, 0.25) is 0 Å². The maximum Gasteiger partial charge on any atom is 0.331 e. The summed E-state index contributed by atoms with van der Waals surface area (Å²) in [4.78, 5) is 25.8. The second kappa shape index (κ2) is 7.18. The Balaban J connectivity index is 1.84. The minimum Gasteiger partial charge on any atom is -0.479 e. The minimum atomic E-state index is -3.82. The van der Waals surface area contributed by atoms with E-state index >= 15 is 0 Å². The molecule has 138 valence electrons. The summed E-state index contributed by atoms with van der Waals surface area (Å²) in [6.45, 7) is 1.64. The van der Waals surface area contributed by atoms with E-state index < -0.39 is 34.0 Å². The van der Waals surface area contributed by atoms with Gasteiger partial charge in [0.2, 0.25) is 5.91 Å². The second-order valence-corrected chi connectivity index (χ2v) is 8.88. The molecule has 9 heteroatoms. The number of benzene rings is 1. The summed E-state index contributed by atoms with van der Waals surface area (Å²) in [6.07, 6.45) is 0.524. The number of aliphatic carboxylic acids is 1. The van der Waals surface area contributed by atoms with Gasteiger partial charge in [0, 0.05) is 6.54 Å². The number of amides is 1. The average molecular weight is 394 g/mol. The van der Waals surface area contributed by atoms with E-state index in [2.05, 4.69) is 4.72 Å². The molecular formula is C17H18N2O5S2. The molecule has 7 nitrogen and oxygen atoms in total. The van der Waals surface area contributed by atoms with Crippen LogP contribution in [-0.2, 0) is 26.0 Å². The molecule has 0 bridgehead atoms. The second-order valence-electron chi connectivity index (χ2n) is 6.00. The molecule has 1 aromatic carbocycles. The summed E-state index contributed by atoms with van der Waals surface area (Å²) in [6, 6.07) is 7.94. The van der Waals surface area contributed by atoms with Crippen molar-refractivity contribution in [3.8, 4) is 0 Å². The highest BCUT2D eigenvalue weighted by Crippen LogP contribution is 2.30. The van der Waals surface area contributed by atoms with Gasteiger partial charge in [-0.05, 0) is 35.9 Å². The molecule has 2 heterocycles. The molecule has 2 aromatic rings. The van der Waals surface area contributed by atoms with E-state index in [1.807, 2.05) is 12.1 Å². The van der Waals surface area contributed by atoms with Gasteiger partial charge in [-0.25, -0.2) is 13.2 Å². The number of carbonyl (C=O) groups excluding carboxylic acids is 1. The highest BCUT2D eigenvalue weighted by Gasteiger charge is 2.38. The number of nitrogens with one attached hydrogen (secondary N) is 1. The molecular weight excluding hydrogens is 376 g/mol. The van der Waals surface area contributed by atoms with E-state index in [0.717, 1.165) is 16.9 Å². The van der Waals surface area contributed by atoms with Crippen LogP contribution in [0.4, 0.5) is 0 Å². The van der Waals surface area contributed by atoms with Crippen molar-refractivity contribution in [1.82, 2.24) is 9.62 Å². The number of carbonyl (C=O) groups is 2. The first-order chi connectivity index (χ1) is 12.3. The molecule has 1 amide bonds. The standard InChI is InChI=1S/C17H18N2O5S2/c1-11(18-26(23,24)14-7-4-10-25-14)16(20)19-9-8-12-5-2-3-6-13(12)15(19)17(21)22/h2-7,10-11,15,18H,8-9H2,1H3,(H,21,22). The molecule has 1 aliphatic rings. The van der Waals surface area contributed by atoms with Gasteiger partial charge >= 0.3 is 5.97 Å². The molecule has 0 saturated carbocycles. The molecule has 3 rings (SSSR count). The Kier molecular flexibility index (Phi) is 5.12. The van der Waals surface area contributed by atoms with Crippen LogP contribution in [0.15, 0.2) is 46.0 Å². The van der Waals surface area contributed by atoms with Gasteiger partial charge in [0.1, 0.15) is 4.21 Å². The number of hydrogen-bond donors (Lipinski definition) is 2. The number of thiophene rings is 1. The number of nitrogens with zero attached hydrogens (tertiary/aromatic N) is 1. The van der Waals surface area contributed by atoms with Crippen molar-refractivity contribution in [1.29, 1.82) is 0 Å². The number of fused-ring (bicyclic) bond motifs is 1. The Labute approximate surface area is 155 Å². The van der Waals surface area contributed by atoms with Gasteiger partial charge in [-0.2, -0.15) is 4.72 Å². The third-order valence-electron chi connectivity index (χ3n) is 4.26. The van der Waals surface area contributed by atoms with Crippen LogP contribution < -0.4 is 4.72 Å². The van der Waals surface area contributed by atoms with Crippen LogP contribution in [0, 0.1) is 0 Å². The number of rotatable bonds is 5. The number of sulfonamides is 1. The predicted octanol–water partition coefficient (Wildman–Crippen LogP) is 1.63. The van der Waals surface area contributed by atoms with Crippen LogP contribution in [0.1, 0.15) is 24.1 Å². The number of carboxylic acid groups (broad SMARTS) is 1. The summed E-state index contributed by atoms with van der Waals surface area (Å²) < 4.78 is 27.1. The predicted molar refractivity (Wildman–Crippen MR) is 96.3 cm³/mol. The zero-order chi connectivity index (χ0) is 18.9. The van der Waals surface area contributed by atoms with Crippen LogP contribution in [0.5, 0.6) is 0 Å². The lowest BCUT2D eigenvalue weighted by Crippen LogP contribution is -2.51. The van der Waals surface area contributed by atoms with Crippen molar-refractivity contribution >= 4 is 33.2 Å². The number of carboxylic acids is 1. The normalized spacial score (nSPS) is 18.2. The topological polar surface area (TPSA) is 104 Å². The Morgan fingerprint density at radius 1 is 1.27 bits per heavy atom. The maximum absolute atomic E-state index is 12.8. The first-order valence-electron chi connectivity index (χ1n) is 7.98. The van der Waals surface area contributed by atoms with Gasteiger partial charge in [-0.15, -0.1) is 11.3 Å². The Bertz CT molecular complexity index is 924. The highest BCUT2D eigenvalue weighted by molar-refractivity contribution is 7.91. The largest absolute Gasteiger partial charge is 0.479 e. The average Bonchev–Trinajstić information content (AvgIpc) is 3.15. The quantitative estimate of drug-likeness (QED) is 0.802. The maximum atomic E-state index is 12.8. The molecule has 2 atom stereocenters. The smallest absolute Gasteiger partial charge is 0.331 e. The fourth-order valence-electron chi connectivity index (χ4n) is 3.08. The van der Waals surface area contributed by atoms with E-state index in [9.17, 15) is 23.1 Å². The molecule has 26 heavy (non-hydrogen) atoms. The molecule has 2 unspecified atom stereocenters. The third kappa shape index (κ3) is 3.50. The zero-order valence-corrected chi connectivity index (χ0v) is 15.6. The minimum absolute atomic E-state index is 0.107. The van der Waals surface area contributed by atoms with Crippen LogP contribution in [-0.4, -0.2) is 42.9 Å². The van der Waals surface area contributed by atoms with Crippen molar-refractivity contribution in [2.75, 3.05) is 6.54 Å². The van der Waals surface area contributed by atoms with E-state index in [1.165, 1.54) is 17.9 Å². The lowest BCUT2D eigenvalue weighted by Gasteiger charge is -2.36. The van der Waals surface area contributed by atoms with Gasteiger partial charge < -0.3 is 10.0 Å². The fourth-order valence-corrected chi connectivity index (χ4v) is 5.28. The SMILES string of the molecule is CC(NS(=O)(=O)c1cccs1)C(=O)N1CCc2ccccc2C1C(=O)O. The van der Waals surface area contributed by atoms with Gasteiger partial charge in [0.25, 0.3) is 10.0 Å². The molecule has 0 radical (unpaired) electrons. The molecule has 0 spiro atoms. The van der Waals surface area contributed by atoms with E-state index in [4.69, 9.17) is 0 Å². The molecule has 0 fully saturated rings. The van der Waals surface area contributed by atoms with Gasteiger partial charge in [0.05, 0.1) is 6.04 Å². The summed E-state index contributed by atoms with van der Waals surface area (Å²) >= 11 is 1.05. The van der Waals surface area contributed by atoms with Crippen LogP contribution in [0.25, 0.3) is 0 Å². The lowest BCUT2D eigenvalue weighted by atomic mass is 9.92. The van der Waals surface area contributed by atoms with Gasteiger partial charge in [0.15, 0.2) is 6.04 Å². The summed E-state index contributed by atoms with van der Waals surface area (Å²) in [7, 11) is -3.82. The Hall–Kier alpha value is -2.23. The molecule has 0 saturated heterocycles. The molecule has 0 aliphatic carbocycles. The summed E-state index contributed by atoms with van der Waals surface area (Å²) in [5, 5.41) is 11.3. The van der Waals surface area contributed by atoms with E-state index in [1.54, 1.807) is 23.6 Å². The van der Waals surface area contributed by atoms with Gasteiger partial charge in [-0.1, -0.05) is 30.3 Å². The molecule has 1 aromatic heterocycles. The van der Waals surface area contributed by atoms with Crippen LogP contribution >= 0.6 is 11.3 Å². The van der Waals surface area contributed by atoms with E-state index in [-0.39, 0.29) is 10.8 Å². The van der Waals surface area contributed by atoms with Gasteiger partial charge in [-0.3, -0.25) is 4.79 Å². The Morgan fingerprint density at radius 2 is 2.00 bits per heavy atom. The highest BCUT2D eigenvalue weighted by atomic mass is 32.2. The third-order valence-corrected chi connectivity index (χ3v) is 7.20. The molecule has 2 N–H and O–H groups in total. The number of hydrogen-bond acceptors (Lipinski definition) is 5. The molecule has 1 aliphatic heterocycles. The van der Waals surface area contributed by atoms with Crippen molar-refractivity contribution in [2.45, 2.75) is 29.6 Å². The fraction of sp³-hybridized carbons (Fsp3) is 0.294. The van der Waals surface area contributed by atoms with Crippen molar-refractivity contribution in [3.05, 3.63) is 52.9 Å². The van der Waals surface area contributed by atoms with Crippen molar-refractivity contribution < 1.29 is 23.1 Å². The van der Waals surface area contributed by atoms with Crippen molar-refractivity contribution in [2.24, 2.45) is 0 Å². The zero-order valence-electron chi connectivity index (χ0n) is 14.0. The first kappa shape index (κ1) is 18.6. The van der Waals surface area contributed by atoms with E-state index in [0.29, 0.717) is 12.0 Å². The first-order valence-corrected chi connectivity index (χ1v) is 10.3. The summed E-state index contributed by atoms with van der Waals surface area (Å²) in [5.41, 5.74) is 1.45. The lowest BCUT2D eigenvalue weighted by molar-refractivity contribution is -0.151.